The maximum Gasteiger partial charge on any atom is 0.115 e. The molecule has 1 aliphatic carbocycles. The third kappa shape index (κ3) is 1.82. The van der Waals surface area contributed by atoms with Gasteiger partial charge in [-0.25, -0.2) is 4.98 Å². The molecular formula is C16H17N3O. The van der Waals surface area contributed by atoms with Crippen LogP contribution >= 0.6 is 0 Å². The molecule has 0 spiro atoms. The third-order valence-corrected chi connectivity index (χ3v) is 4.32. The normalized spacial score (nSPS) is 26.0. The van der Waals surface area contributed by atoms with Gasteiger partial charge in [0.15, 0.2) is 0 Å². The van der Waals surface area contributed by atoms with Gasteiger partial charge in [0.05, 0.1) is 35.4 Å². The number of rotatable bonds is 2. The average molecular weight is 267 g/mol. The van der Waals surface area contributed by atoms with Gasteiger partial charge in [-0.2, -0.15) is 5.26 Å². The molecule has 2 aliphatic rings. The topological polar surface area (TPSA) is 50.8 Å². The molecule has 4 heteroatoms. The minimum Gasteiger partial charge on any atom is -0.378 e. The standard InChI is InChI=1S/C16H17N3O/c1-10-6-12(9-20-10)16-18-14-7-11(8-17)2-5-15(14)19(16)13-3-4-13/h2,5,7,10,12-13H,3-4,6,9H2,1H3. The molecule has 0 N–H and O–H groups in total. The quantitative estimate of drug-likeness (QED) is 0.840. The molecule has 1 saturated heterocycles. The van der Waals surface area contributed by atoms with E-state index in [4.69, 9.17) is 15.0 Å². The molecule has 2 unspecified atom stereocenters. The van der Waals surface area contributed by atoms with Crippen molar-refractivity contribution in [2.75, 3.05) is 6.61 Å². The summed E-state index contributed by atoms with van der Waals surface area (Å²) in [4.78, 5) is 4.83. The Balaban J connectivity index is 1.86. The Morgan fingerprint density at radius 1 is 1.40 bits per heavy atom. The molecule has 2 atom stereocenters. The summed E-state index contributed by atoms with van der Waals surface area (Å²) in [5.41, 5.74) is 2.80. The first-order valence-electron chi connectivity index (χ1n) is 7.30. The van der Waals surface area contributed by atoms with Crippen molar-refractivity contribution < 1.29 is 4.74 Å². The first-order valence-corrected chi connectivity index (χ1v) is 7.30. The molecule has 1 aromatic heterocycles. The van der Waals surface area contributed by atoms with E-state index >= 15 is 0 Å². The Kier molecular flexibility index (Phi) is 2.58. The molecule has 1 saturated carbocycles. The minimum absolute atomic E-state index is 0.321. The summed E-state index contributed by atoms with van der Waals surface area (Å²) in [5.74, 6) is 1.55. The average Bonchev–Trinajstić information content (AvgIpc) is 3.09. The van der Waals surface area contributed by atoms with Crippen molar-refractivity contribution in [3.63, 3.8) is 0 Å². The van der Waals surface area contributed by atoms with Gasteiger partial charge >= 0.3 is 0 Å². The van der Waals surface area contributed by atoms with Gasteiger partial charge in [-0.15, -0.1) is 0 Å². The van der Waals surface area contributed by atoms with Crippen LogP contribution in [0.15, 0.2) is 18.2 Å². The van der Waals surface area contributed by atoms with Crippen molar-refractivity contribution in [1.82, 2.24) is 9.55 Å². The lowest BCUT2D eigenvalue weighted by atomic mass is 10.1. The predicted octanol–water partition coefficient (Wildman–Crippen LogP) is 3.14. The highest BCUT2D eigenvalue weighted by Gasteiger charge is 2.34. The molecule has 4 nitrogen and oxygen atoms in total. The molecule has 4 rings (SSSR count). The Labute approximate surface area is 118 Å². The van der Waals surface area contributed by atoms with Gasteiger partial charge in [0, 0.05) is 12.0 Å². The number of ether oxygens (including phenoxy) is 1. The summed E-state index contributed by atoms with van der Waals surface area (Å²) < 4.78 is 8.10. The van der Waals surface area contributed by atoms with Gasteiger partial charge in [-0.3, -0.25) is 0 Å². The zero-order chi connectivity index (χ0) is 13.7. The van der Waals surface area contributed by atoms with E-state index in [-0.39, 0.29) is 0 Å². The first kappa shape index (κ1) is 11.9. The summed E-state index contributed by atoms with van der Waals surface area (Å²) in [6.45, 7) is 2.89. The van der Waals surface area contributed by atoms with Crippen LogP contribution in [0.5, 0.6) is 0 Å². The van der Waals surface area contributed by atoms with E-state index < -0.39 is 0 Å². The molecule has 1 aliphatic heterocycles. The van der Waals surface area contributed by atoms with Crippen LogP contribution in [0, 0.1) is 11.3 Å². The molecule has 0 radical (unpaired) electrons. The lowest BCUT2D eigenvalue weighted by Gasteiger charge is -2.11. The second-order valence-corrected chi connectivity index (χ2v) is 5.96. The van der Waals surface area contributed by atoms with Crippen LogP contribution in [0.2, 0.25) is 0 Å². The van der Waals surface area contributed by atoms with Crippen molar-refractivity contribution in [2.45, 2.75) is 44.2 Å². The van der Waals surface area contributed by atoms with E-state index in [2.05, 4.69) is 17.6 Å². The Bertz CT molecular complexity index is 708. The van der Waals surface area contributed by atoms with Gasteiger partial charge < -0.3 is 9.30 Å². The second-order valence-electron chi connectivity index (χ2n) is 5.96. The fraction of sp³-hybridized carbons (Fsp3) is 0.500. The van der Waals surface area contributed by atoms with Gasteiger partial charge in [0.25, 0.3) is 0 Å². The molecule has 2 heterocycles. The van der Waals surface area contributed by atoms with Crippen LogP contribution in [0.25, 0.3) is 11.0 Å². The molecule has 1 aromatic carbocycles. The second kappa shape index (κ2) is 4.32. The highest BCUT2D eigenvalue weighted by molar-refractivity contribution is 5.78. The first-order chi connectivity index (χ1) is 9.76. The van der Waals surface area contributed by atoms with Crippen LogP contribution in [0.4, 0.5) is 0 Å². The molecule has 0 amide bonds. The maximum absolute atomic E-state index is 9.04. The van der Waals surface area contributed by atoms with Crippen molar-refractivity contribution >= 4 is 11.0 Å². The van der Waals surface area contributed by atoms with Gasteiger partial charge in [-0.1, -0.05) is 0 Å². The van der Waals surface area contributed by atoms with E-state index in [1.807, 2.05) is 18.2 Å². The van der Waals surface area contributed by atoms with Gasteiger partial charge in [-0.05, 0) is 44.4 Å². The Morgan fingerprint density at radius 2 is 2.25 bits per heavy atom. The van der Waals surface area contributed by atoms with Crippen molar-refractivity contribution in [1.29, 1.82) is 5.26 Å². The summed E-state index contributed by atoms with van der Waals surface area (Å²) in [6, 6.07) is 8.62. The number of hydrogen-bond donors (Lipinski definition) is 0. The number of nitriles is 1. The predicted molar refractivity (Wildman–Crippen MR) is 75.5 cm³/mol. The number of nitrogens with zero attached hydrogens (tertiary/aromatic N) is 3. The smallest absolute Gasteiger partial charge is 0.115 e. The van der Waals surface area contributed by atoms with Crippen molar-refractivity contribution in [3.8, 4) is 6.07 Å². The zero-order valence-corrected chi connectivity index (χ0v) is 11.5. The van der Waals surface area contributed by atoms with Gasteiger partial charge in [0.1, 0.15) is 5.82 Å². The molecule has 20 heavy (non-hydrogen) atoms. The SMILES string of the molecule is CC1CC(c2nc3cc(C#N)ccc3n2C2CC2)CO1. The van der Waals surface area contributed by atoms with Crippen LogP contribution in [-0.4, -0.2) is 22.3 Å². The van der Waals surface area contributed by atoms with E-state index in [1.165, 1.54) is 18.4 Å². The highest BCUT2D eigenvalue weighted by atomic mass is 16.5. The van der Waals surface area contributed by atoms with E-state index in [1.54, 1.807) is 0 Å². The van der Waals surface area contributed by atoms with E-state index in [9.17, 15) is 0 Å². The highest BCUT2D eigenvalue weighted by Crippen LogP contribution is 2.42. The number of imidazole rings is 1. The summed E-state index contributed by atoms with van der Waals surface area (Å²) >= 11 is 0. The maximum atomic E-state index is 9.04. The van der Waals surface area contributed by atoms with Crippen LogP contribution < -0.4 is 0 Å². The van der Waals surface area contributed by atoms with Crippen molar-refractivity contribution in [2.24, 2.45) is 0 Å². The number of hydrogen-bond acceptors (Lipinski definition) is 3. The molecule has 2 fully saturated rings. The Morgan fingerprint density at radius 3 is 2.90 bits per heavy atom. The summed E-state index contributed by atoms with van der Waals surface area (Å²) in [6.07, 6.45) is 3.84. The lowest BCUT2D eigenvalue weighted by Crippen LogP contribution is -2.08. The molecule has 2 aromatic rings. The number of fused-ring (bicyclic) bond motifs is 1. The van der Waals surface area contributed by atoms with Crippen LogP contribution in [0.1, 0.15) is 49.5 Å². The Hall–Kier alpha value is -1.86. The molecular weight excluding hydrogens is 250 g/mol. The summed E-state index contributed by atoms with van der Waals surface area (Å²) in [5, 5.41) is 9.04. The van der Waals surface area contributed by atoms with Crippen LogP contribution in [-0.2, 0) is 4.74 Å². The number of benzene rings is 1. The summed E-state index contributed by atoms with van der Waals surface area (Å²) in [7, 11) is 0. The molecule has 102 valence electrons. The van der Waals surface area contributed by atoms with Crippen molar-refractivity contribution in [3.05, 3.63) is 29.6 Å². The van der Waals surface area contributed by atoms with Crippen LogP contribution in [0.3, 0.4) is 0 Å². The molecule has 0 bridgehead atoms. The third-order valence-electron chi connectivity index (χ3n) is 4.32. The fourth-order valence-electron chi connectivity index (χ4n) is 3.19. The van der Waals surface area contributed by atoms with Gasteiger partial charge in [0.2, 0.25) is 0 Å². The lowest BCUT2D eigenvalue weighted by molar-refractivity contribution is 0.123. The fourth-order valence-corrected chi connectivity index (χ4v) is 3.19. The number of aromatic nitrogens is 2. The van der Waals surface area contributed by atoms with E-state index in [0.717, 1.165) is 24.4 Å². The zero-order valence-electron chi connectivity index (χ0n) is 11.5. The van der Waals surface area contributed by atoms with E-state index in [0.29, 0.717) is 23.6 Å². The largest absolute Gasteiger partial charge is 0.378 e. The minimum atomic E-state index is 0.321. The monoisotopic (exact) mass is 267 g/mol.